The molecule has 2 bridgehead atoms. The molecule has 10 rings (SSSR count). The predicted octanol–water partition coefficient (Wildman–Crippen LogP) is -0.542. The molecule has 10 fully saturated rings. The van der Waals surface area contributed by atoms with E-state index in [9.17, 15) is 56.2 Å². The van der Waals surface area contributed by atoms with Crippen molar-refractivity contribution in [3.63, 3.8) is 0 Å². The second kappa shape index (κ2) is 19.6. The first kappa shape index (κ1) is 55.2. The van der Waals surface area contributed by atoms with E-state index in [4.69, 9.17) is 47.4 Å². The summed E-state index contributed by atoms with van der Waals surface area (Å²) in [6, 6.07) is 0. The Bertz CT molecular complexity index is 2010. The van der Waals surface area contributed by atoms with E-state index in [0.717, 1.165) is 44.1 Å². The molecule has 10 aliphatic rings. The molecule has 6 heterocycles. The molecule has 4 saturated carbocycles. The summed E-state index contributed by atoms with van der Waals surface area (Å²) in [4.78, 5) is 0. The molecule has 418 valence electrons. The maximum atomic E-state index is 12.3. The number of hydrogen-bond acceptors (Lipinski definition) is 21. The third-order valence-corrected chi connectivity index (χ3v) is 20.1. The normalized spacial score (nSPS) is 57.5. The maximum Gasteiger partial charge on any atom is 0.191 e. The number of fused-ring (bicyclic) bond motifs is 7. The van der Waals surface area contributed by atoms with E-state index in [0.29, 0.717) is 37.2 Å². The minimum atomic E-state index is -1.87. The minimum absolute atomic E-state index is 0.0306. The van der Waals surface area contributed by atoms with E-state index in [1.807, 2.05) is 26.8 Å². The third-order valence-electron chi connectivity index (χ3n) is 20.1. The number of rotatable bonds is 10. The van der Waals surface area contributed by atoms with Crippen LogP contribution in [0.2, 0.25) is 0 Å². The molecule has 29 atom stereocenters. The van der Waals surface area contributed by atoms with Crippen molar-refractivity contribution >= 4 is 0 Å². The van der Waals surface area contributed by atoms with Crippen molar-refractivity contribution in [3.05, 3.63) is 11.6 Å². The van der Waals surface area contributed by atoms with Gasteiger partial charge in [-0.15, -0.1) is 0 Å². The largest absolute Gasteiger partial charge is 0.394 e. The molecule has 73 heavy (non-hydrogen) atoms. The Labute approximate surface area is 426 Å². The van der Waals surface area contributed by atoms with Crippen LogP contribution in [0.1, 0.15) is 107 Å². The Hall–Kier alpha value is -1.10. The standard InChI is InChI=1S/C52H84O21/c1-22(2)15-52-20-50(8,63)42-24-9-10-30-48(6,25(24)16-51(42,73-52)21-66-52)13-11-29-47(4,5)31(12-14-49(29,30)7)69-45-41(72-44-38(62)35(59)32(56)23(3)67-44)39(27(55)19-65-45)70-46-40(36(60)34(58)28(17-53)68-46)71-43-37(61)33(57)26(54)18-64-43/h15,23-46,53-63H,9-14,16-21H2,1-8H3/t23-,24?,25?,26-,27-,28-,29+,30-,31+,32+,33+,34-,35-,36+,37-,38-,39-,40-,41-,42+,43+,44+,45+,46+,48+,49?,50+,51-,52+/m1/s1. The van der Waals surface area contributed by atoms with Gasteiger partial charge in [0.05, 0.1) is 44.2 Å². The Morgan fingerprint density at radius 1 is 0.630 bits per heavy atom. The number of ether oxygens (including phenoxy) is 10. The smallest absolute Gasteiger partial charge is 0.191 e. The van der Waals surface area contributed by atoms with E-state index in [-0.39, 0.29) is 29.3 Å². The van der Waals surface area contributed by atoms with Crippen LogP contribution >= 0.6 is 0 Å². The molecule has 3 unspecified atom stereocenters. The van der Waals surface area contributed by atoms with E-state index in [1.165, 1.54) is 6.92 Å². The van der Waals surface area contributed by atoms with Gasteiger partial charge in [-0.1, -0.05) is 33.3 Å². The molecule has 21 heteroatoms. The van der Waals surface area contributed by atoms with Gasteiger partial charge in [-0.2, -0.15) is 0 Å². The molecule has 0 aromatic heterocycles. The maximum absolute atomic E-state index is 12.3. The van der Waals surface area contributed by atoms with Crippen LogP contribution in [0.3, 0.4) is 0 Å². The van der Waals surface area contributed by atoms with Gasteiger partial charge in [0.2, 0.25) is 0 Å². The van der Waals surface area contributed by atoms with Crippen molar-refractivity contribution in [3.8, 4) is 0 Å². The zero-order chi connectivity index (χ0) is 52.7. The molecule has 1 spiro atoms. The molecule has 21 nitrogen and oxygen atoms in total. The van der Waals surface area contributed by atoms with Crippen molar-refractivity contribution in [1.29, 1.82) is 0 Å². The fourth-order valence-corrected chi connectivity index (χ4v) is 17.0. The van der Waals surface area contributed by atoms with Gasteiger partial charge in [0.25, 0.3) is 0 Å². The lowest BCUT2D eigenvalue weighted by Gasteiger charge is -2.67. The second-order valence-electron chi connectivity index (χ2n) is 25.4. The van der Waals surface area contributed by atoms with Gasteiger partial charge in [0.1, 0.15) is 85.0 Å². The number of aliphatic hydroxyl groups is 11. The Morgan fingerprint density at radius 2 is 1.29 bits per heavy atom. The van der Waals surface area contributed by atoms with Crippen molar-refractivity contribution in [2.24, 2.45) is 45.8 Å². The van der Waals surface area contributed by atoms with Crippen molar-refractivity contribution < 1.29 is 104 Å². The average molecular weight is 1050 g/mol. The SMILES string of the molecule is CC(C)=C[C@]12C[C@](C)(O)[C@@H]3C4CC[C@H]5C6(C)CC[C@H](O[C@@H]7OC[C@@H](O)[C@@H](O[C@@H]8O[C@H](CO)[C@@H](O)[C@H](O)[C@H]8O[C@@H]8OC[C@@H](O)[C@H](O)[C@H]8O)[C@H]7O[C@@H]7O[C@H](C)[C@H](O)[C@@H](O)[C@H]7O)C(C)(C)[C@@H]6CC[C@@]5(C)C4C[C@]3(CO1)O2. The summed E-state index contributed by atoms with van der Waals surface area (Å²) in [5.74, 6) is 0.201. The van der Waals surface area contributed by atoms with Crippen LogP contribution in [0.5, 0.6) is 0 Å². The molecule has 0 radical (unpaired) electrons. The van der Waals surface area contributed by atoms with Crippen molar-refractivity contribution in [2.45, 2.75) is 240 Å². The molecule has 0 amide bonds. The van der Waals surface area contributed by atoms with Gasteiger partial charge in [0, 0.05) is 12.3 Å². The Kier molecular flexibility index (Phi) is 14.8. The molecular weight excluding hydrogens is 961 g/mol. The van der Waals surface area contributed by atoms with Gasteiger partial charge in [-0.05, 0) is 119 Å². The van der Waals surface area contributed by atoms with Gasteiger partial charge >= 0.3 is 0 Å². The van der Waals surface area contributed by atoms with E-state index in [2.05, 4.69) is 27.7 Å². The Balaban J connectivity index is 0.911. The zero-order valence-corrected chi connectivity index (χ0v) is 43.4. The highest BCUT2D eigenvalue weighted by Gasteiger charge is 2.75. The van der Waals surface area contributed by atoms with Gasteiger partial charge in [0.15, 0.2) is 30.9 Å². The first-order chi connectivity index (χ1) is 34.2. The quantitative estimate of drug-likeness (QED) is 0.0967. The van der Waals surface area contributed by atoms with E-state index < -0.39 is 152 Å². The van der Waals surface area contributed by atoms with Crippen molar-refractivity contribution in [2.75, 3.05) is 26.4 Å². The first-order valence-electron chi connectivity index (χ1n) is 26.8. The van der Waals surface area contributed by atoms with Gasteiger partial charge in [-0.3, -0.25) is 0 Å². The zero-order valence-electron chi connectivity index (χ0n) is 43.4. The van der Waals surface area contributed by atoms with Crippen LogP contribution in [-0.4, -0.2) is 216 Å². The highest BCUT2D eigenvalue weighted by Crippen LogP contribution is 2.75. The summed E-state index contributed by atoms with van der Waals surface area (Å²) >= 11 is 0. The van der Waals surface area contributed by atoms with Crippen LogP contribution in [0.25, 0.3) is 0 Å². The molecule has 6 aliphatic heterocycles. The summed E-state index contributed by atoms with van der Waals surface area (Å²) in [5, 5.41) is 121. The van der Waals surface area contributed by atoms with Crippen LogP contribution < -0.4 is 0 Å². The third kappa shape index (κ3) is 9.05. The summed E-state index contributed by atoms with van der Waals surface area (Å²) < 4.78 is 63.1. The van der Waals surface area contributed by atoms with Crippen LogP contribution in [0.4, 0.5) is 0 Å². The lowest BCUT2D eigenvalue weighted by atomic mass is 9.38. The molecule has 6 saturated heterocycles. The highest BCUT2D eigenvalue weighted by atomic mass is 16.8. The van der Waals surface area contributed by atoms with E-state index >= 15 is 0 Å². The molecule has 11 N–H and O–H groups in total. The summed E-state index contributed by atoms with van der Waals surface area (Å²) in [6.07, 6.45) is -20.5. The molecule has 0 aromatic carbocycles. The lowest BCUT2D eigenvalue weighted by molar-refractivity contribution is -0.398. The van der Waals surface area contributed by atoms with Crippen LogP contribution in [-0.2, 0) is 47.4 Å². The monoisotopic (exact) mass is 1040 g/mol. The van der Waals surface area contributed by atoms with Gasteiger partial charge < -0.3 is 104 Å². The lowest BCUT2D eigenvalue weighted by Crippen LogP contribution is -2.67. The fraction of sp³-hybridized carbons (Fsp3) is 0.962. The number of aliphatic hydroxyl groups excluding tert-OH is 10. The summed E-state index contributed by atoms with van der Waals surface area (Å²) in [6.45, 7) is 15.8. The topological polar surface area (TPSA) is 315 Å². The van der Waals surface area contributed by atoms with Crippen LogP contribution in [0.15, 0.2) is 11.6 Å². The second-order valence-corrected chi connectivity index (χ2v) is 25.4. The average Bonchev–Trinajstić information content (AvgIpc) is 3.83. The number of allylic oxidation sites excluding steroid dienone is 1. The summed E-state index contributed by atoms with van der Waals surface area (Å²) in [5.41, 5.74) is -1.04. The molecule has 4 aliphatic carbocycles. The number of hydrogen-bond donors (Lipinski definition) is 11. The Morgan fingerprint density at radius 3 is 2.00 bits per heavy atom. The van der Waals surface area contributed by atoms with Gasteiger partial charge in [-0.25, -0.2) is 0 Å². The first-order valence-corrected chi connectivity index (χ1v) is 26.8. The highest BCUT2D eigenvalue weighted by molar-refractivity contribution is 5.25. The summed E-state index contributed by atoms with van der Waals surface area (Å²) in [7, 11) is 0. The fourth-order valence-electron chi connectivity index (χ4n) is 17.0. The minimum Gasteiger partial charge on any atom is -0.394 e. The molecule has 0 aromatic rings. The van der Waals surface area contributed by atoms with Crippen LogP contribution in [0, 0.1) is 45.8 Å². The molecular formula is C52H84O21. The van der Waals surface area contributed by atoms with E-state index in [1.54, 1.807) is 0 Å². The predicted molar refractivity (Wildman–Crippen MR) is 250 cm³/mol. The van der Waals surface area contributed by atoms with Crippen molar-refractivity contribution in [1.82, 2.24) is 0 Å².